The second-order valence-electron chi connectivity index (χ2n) is 5.21. The largest absolute Gasteiger partial charge is 0.507 e. The van der Waals surface area contributed by atoms with Crippen LogP contribution in [0.3, 0.4) is 0 Å². The minimum Gasteiger partial charge on any atom is -0.507 e. The van der Waals surface area contributed by atoms with Crippen LogP contribution in [0.2, 0.25) is 0 Å². The minimum absolute atomic E-state index is 0.0453. The third-order valence-electron chi connectivity index (χ3n) is 3.80. The Hall–Kier alpha value is -1.56. The first-order chi connectivity index (χ1) is 10.2. The van der Waals surface area contributed by atoms with Crippen LogP contribution in [0.1, 0.15) is 28.8 Å². The van der Waals surface area contributed by atoms with Gasteiger partial charge in [-0.1, -0.05) is 18.2 Å². The van der Waals surface area contributed by atoms with Crippen molar-refractivity contribution < 1.29 is 9.90 Å². The molecule has 0 saturated heterocycles. The van der Waals surface area contributed by atoms with E-state index in [4.69, 9.17) is 0 Å². The van der Waals surface area contributed by atoms with Gasteiger partial charge >= 0.3 is 0 Å². The van der Waals surface area contributed by atoms with Crippen LogP contribution in [0.5, 0.6) is 5.75 Å². The van der Waals surface area contributed by atoms with E-state index in [9.17, 15) is 9.90 Å². The van der Waals surface area contributed by atoms with Crippen LogP contribution in [0.25, 0.3) is 0 Å². The molecular weight excluding hydrogens is 377 g/mol. The maximum absolute atomic E-state index is 12.8. The molecule has 0 unspecified atom stereocenters. The number of carbonyl (C=O) groups excluding carboxylic acids is 1. The molecule has 0 aliphatic carbocycles. The molecule has 0 aromatic heterocycles. The van der Waals surface area contributed by atoms with Gasteiger partial charge in [-0.15, -0.1) is 0 Å². The van der Waals surface area contributed by atoms with Crippen molar-refractivity contribution in [1.29, 1.82) is 0 Å². The van der Waals surface area contributed by atoms with Gasteiger partial charge in [0.05, 0.1) is 3.57 Å². The standard InChI is InChI=1S/C17H16INO2/c18-14-9-8-13(11-16(14)20)17(21)19-10-4-3-6-12-5-1-2-7-15(12)19/h1-2,5,7-9,11,20H,3-4,6,10H2. The third kappa shape index (κ3) is 2.90. The summed E-state index contributed by atoms with van der Waals surface area (Å²) in [6.45, 7) is 0.725. The first kappa shape index (κ1) is 14.4. The highest BCUT2D eigenvalue weighted by molar-refractivity contribution is 14.1. The zero-order valence-electron chi connectivity index (χ0n) is 11.6. The Morgan fingerprint density at radius 3 is 2.76 bits per heavy atom. The van der Waals surface area contributed by atoms with E-state index in [1.807, 2.05) is 23.1 Å². The van der Waals surface area contributed by atoms with Crippen molar-refractivity contribution in [2.45, 2.75) is 19.3 Å². The lowest BCUT2D eigenvalue weighted by atomic mass is 10.1. The van der Waals surface area contributed by atoms with Crippen LogP contribution in [-0.2, 0) is 6.42 Å². The Bertz CT molecular complexity index is 684. The number of amides is 1. The number of anilines is 1. The van der Waals surface area contributed by atoms with Gasteiger partial charge in [0.1, 0.15) is 5.75 Å². The summed E-state index contributed by atoms with van der Waals surface area (Å²) in [4.78, 5) is 14.6. The van der Waals surface area contributed by atoms with Crippen molar-refractivity contribution in [3.05, 3.63) is 57.2 Å². The fourth-order valence-electron chi connectivity index (χ4n) is 2.70. The van der Waals surface area contributed by atoms with Crippen molar-refractivity contribution in [1.82, 2.24) is 0 Å². The van der Waals surface area contributed by atoms with Crippen LogP contribution in [0.4, 0.5) is 5.69 Å². The average Bonchev–Trinajstić information content (AvgIpc) is 2.71. The number of para-hydroxylation sites is 1. The number of hydrogen-bond acceptors (Lipinski definition) is 2. The van der Waals surface area contributed by atoms with Crippen molar-refractivity contribution in [2.24, 2.45) is 0 Å². The molecule has 0 atom stereocenters. The van der Waals surface area contributed by atoms with Crippen molar-refractivity contribution >= 4 is 34.2 Å². The van der Waals surface area contributed by atoms with Gasteiger partial charge in [0, 0.05) is 17.8 Å². The summed E-state index contributed by atoms with van der Waals surface area (Å²) < 4.78 is 0.750. The number of fused-ring (bicyclic) bond motifs is 1. The Labute approximate surface area is 137 Å². The quantitative estimate of drug-likeness (QED) is 0.745. The molecule has 108 valence electrons. The summed E-state index contributed by atoms with van der Waals surface area (Å²) in [6.07, 6.45) is 3.10. The number of phenolic OH excluding ortho intramolecular Hbond substituents is 1. The van der Waals surface area contributed by atoms with Gasteiger partial charge in [-0.05, 0) is 71.7 Å². The summed E-state index contributed by atoms with van der Waals surface area (Å²) in [5.74, 6) is 0.112. The second kappa shape index (κ2) is 6.05. The summed E-state index contributed by atoms with van der Waals surface area (Å²) in [5, 5.41) is 9.82. The van der Waals surface area contributed by atoms with Crippen molar-refractivity contribution in [2.75, 3.05) is 11.4 Å². The predicted molar refractivity (Wildman–Crippen MR) is 91.9 cm³/mol. The summed E-state index contributed by atoms with van der Waals surface area (Å²) in [6, 6.07) is 13.2. The molecular formula is C17H16INO2. The number of carbonyl (C=O) groups is 1. The molecule has 0 saturated carbocycles. The highest BCUT2D eigenvalue weighted by atomic mass is 127. The van der Waals surface area contributed by atoms with Gasteiger partial charge in [-0.25, -0.2) is 0 Å². The molecule has 1 heterocycles. The molecule has 1 aliphatic heterocycles. The van der Waals surface area contributed by atoms with Gasteiger partial charge in [-0.2, -0.15) is 0 Å². The van der Waals surface area contributed by atoms with E-state index < -0.39 is 0 Å². The molecule has 1 aliphatic rings. The van der Waals surface area contributed by atoms with Gasteiger partial charge < -0.3 is 10.0 Å². The highest BCUT2D eigenvalue weighted by Gasteiger charge is 2.22. The van der Waals surface area contributed by atoms with E-state index in [0.717, 1.165) is 35.1 Å². The number of aromatic hydroxyl groups is 1. The van der Waals surface area contributed by atoms with Gasteiger partial charge in [-0.3, -0.25) is 4.79 Å². The fraction of sp³-hybridized carbons (Fsp3) is 0.235. The molecule has 0 radical (unpaired) electrons. The Balaban J connectivity index is 1.99. The molecule has 2 aromatic carbocycles. The average molecular weight is 393 g/mol. The van der Waals surface area contributed by atoms with Crippen LogP contribution >= 0.6 is 22.6 Å². The lowest BCUT2D eigenvalue weighted by Gasteiger charge is -2.23. The van der Waals surface area contributed by atoms with Gasteiger partial charge in [0.2, 0.25) is 0 Å². The lowest BCUT2D eigenvalue weighted by molar-refractivity contribution is 0.0986. The predicted octanol–water partition coefficient (Wildman–Crippen LogP) is 3.98. The number of nitrogens with zero attached hydrogens (tertiary/aromatic N) is 1. The van der Waals surface area contributed by atoms with E-state index in [1.54, 1.807) is 18.2 Å². The van der Waals surface area contributed by atoms with E-state index in [2.05, 4.69) is 28.7 Å². The maximum Gasteiger partial charge on any atom is 0.258 e. The van der Waals surface area contributed by atoms with Crippen LogP contribution in [0, 0.1) is 3.57 Å². The number of aryl methyl sites for hydroxylation is 1. The first-order valence-corrected chi connectivity index (χ1v) is 8.13. The minimum atomic E-state index is -0.0453. The van der Waals surface area contributed by atoms with Gasteiger partial charge in [0.15, 0.2) is 0 Å². The maximum atomic E-state index is 12.8. The first-order valence-electron chi connectivity index (χ1n) is 7.05. The van der Waals surface area contributed by atoms with E-state index in [1.165, 1.54) is 5.56 Å². The highest BCUT2D eigenvalue weighted by Crippen LogP contribution is 2.28. The molecule has 0 bridgehead atoms. The summed E-state index contributed by atoms with van der Waals surface area (Å²) >= 11 is 2.05. The molecule has 2 aromatic rings. The number of phenols is 1. The second-order valence-corrected chi connectivity index (χ2v) is 6.37. The Morgan fingerprint density at radius 1 is 1.14 bits per heavy atom. The molecule has 0 fully saturated rings. The van der Waals surface area contributed by atoms with E-state index in [0.29, 0.717) is 5.56 Å². The van der Waals surface area contributed by atoms with Crippen LogP contribution in [0.15, 0.2) is 42.5 Å². The monoisotopic (exact) mass is 393 g/mol. The lowest BCUT2D eigenvalue weighted by Crippen LogP contribution is -2.31. The SMILES string of the molecule is O=C(c1ccc(I)c(O)c1)N1CCCCc2ccccc21. The third-order valence-corrected chi connectivity index (χ3v) is 4.71. The van der Waals surface area contributed by atoms with E-state index >= 15 is 0 Å². The zero-order chi connectivity index (χ0) is 14.8. The molecule has 0 spiro atoms. The number of halogens is 1. The zero-order valence-corrected chi connectivity index (χ0v) is 13.7. The van der Waals surface area contributed by atoms with Crippen molar-refractivity contribution in [3.8, 4) is 5.75 Å². The topological polar surface area (TPSA) is 40.5 Å². The fourth-order valence-corrected chi connectivity index (χ4v) is 3.04. The molecule has 3 nitrogen and oxygen atoms in total. The molecule has 1 amide bonds. The molecule has 1 N–H and O–H groups in total. The Kier molecular flexibility index (Phi) is 4.14. The summed E-state index contributed by atoms with van der Waals surface area (Å²) in [5.41, 5.74) is 2.75. The smallest absolute Gasteiger partial charge is 0.258 e. The normalized spacial score (nSPS) is 14.4. The summed E-state index contributed by atoms with van der Waals surface area (Å²) in [7, 11) is 0. The van der Waals surface area contributed by atoms with Crippen LogP contribution in [-0.4, -0.2) is 17.6 Å². The van der Waals surface area contributed by atoms with E-state index in [-0.39, 0.29) is 11.7 Å². The number of benzene rings is 2. The van der Waals surface area contributed by atoms with Crippen molar-refractivity contribution in [3.63, 3.8) is 0 Å². The number of hydrogen-bond donors (Lipinski definition) is 1. The van der Waals surface area contributed by atoms with Crippen LogP contribution < -0.4 is 4.90 Å². The molecule has 3 rings (SSSR count). The molecule has 4 heteroatoms. The van der Waals surface area contributed by atoms with Gasteiger partial charge in [0.25, 0.3) is 5.91 Å². The molecule has 21 heavy (non-hydrogen) atoms. The number of rotatable bonds is 1. The Morgan fingerprint density at radius 2 is 1.95 bits per heavy atom.